The molecule has 0 spiro atoms. The number of fused-ring (bicyclic) bond motifs is 1. The summed E-state index contributed by atoms with van der Waals surface area (Å²) in [6.45, 7) is 8.34. The number of rotatable bonds is 5. The molecule has 0 unspecified atom stereocenters. The van der Waals surface area contributed by atoms with E-state index >= 15 is 0 Å². The topological polar surface area (TPSA) is 57.8 Å². The molecule has 0 saturated heterocycles. The Morgan fingerprint density at radius 2 is 1.96 bits per heavy atom. The Labute approximate surface area is 155 Å². The summed E-state index contributed by atoms with van der Waals surface area (Å²) in [7, 11) is 0. The van der Waals surface area contributed by atoms with Crippen LogP contribution in [0.3, 0.4) is 0 Å². The quantitative estimate of drug-likeness (QED) is 0.742. The van der Waals surface area contributed by atoms with E-state index in [1.54, 1.807) is 26.0 Å². The molecule has 0 radical (unpaired) electrons. The van der Waals surface area contributed by atoms with Gasteiger partial charge in [0.15, 0.2) is 4.96 Å². The number of aryl methyl sites for hydroxylation is 1. The van der Waals surface area contributed by atoms with Crippen LogP contribution >= 0.6 is 11.3 Å². The fourth-order valence-corrected chi connectivity index (χ4v) is 4.29. The van der Waals surface area contributed by atoms with Crippen LogP contribution in [0.4, 0.5) is 10.1 Å². The van der Waals surface area contributed by atoms with Gasteiger partial charge in [0, 0.05) is 23.2 Å². The molecule has 0 bridgehead atoms. The van der Waals surface area contributed by atoms with Gasteiger partial charge >= 0.3 is 0 Å². The van der Waals surface area contributed by atoms with Gasteiger partial charge < -0.3 is 10.0 Å². The standard InChI is InChI=1S/C19H22FN3O2S/c1-5-22(15-8-6-13(20)7-9-15)11-14-10-16(24)23-17(19(3,4)25)12(2)26-18(23)21-14/h6-10,25H,5,11H2,1-4H3. The molecule has 3 aromatic rings. The second-order valence-electron chi connectivity index (χ2n) is 6.76. The summed E-state index contributed by atoms with van der Waals surface area (Å²) in [5, 5.41) is 10.4. The predicted octanol–water partition coefficient (Wildman–Crippen LogP) is 3.46. The van der Waals surface area contributed by atoms with E-state index in [0.29, 0.717) is 29.4 Å². The van der Waals surface area contributed by atoms with Crippen LogP contribution in [0.5, 0.6) is 0 Å². The van der Waals surface area contributed by atoms with Gasteiger partial charge in [-0.3, -0.25) is 9.20 Å². The van der Waals surface area contributed by atoms with E-state index < -0.39 is 5.60 Å². The number of benzene rings is 1. The molecular weight excluding hydrogens is 353 g/mol. The number of hydrogen-bond donors (Lipinski definition) is 1. The van der Waals surface area contributed by atoms with Crippen molar-refractivity contribution < 1.29 is 9.50 Å². The minimum absolute atomic E-state index is 0.207. The van der Waals surface area contributed by atoms with Crippen LogP contribution in [0.2, 0.25) is 0 Å². The van der Waals surface area contributed by atoms with Crippen molar-refractivity contribution >= 4 is 22.0 Å². The maximum absolute atomic E-state index is 13.2. The van der Waals surface area contributed by atoms with E-state index in [-0.39, 0.29) is 11.4 Å². The summed E-state index contributed by atoms with van der Waals surface area (Å²) in [6.07, 6.45) is 0. The number of aliphatic hydroxyl groups is 1. The smallest absolute Gasteiger partial charge is 0.259 e. The highest BCUT2D eigenvalue weighted by Crippen LogP contribution is 2.29. The molecule has 0 amide bonds. The summed E-state index contributed by atoms with van der Waals surface area (Å²) in [4.78, 5) is 20.8. The fourth-order valence-electron chi connectivity index (χ4n) is 3.14. The highest BCUT2D eigenvalue weighted by Gasteiger charge is 2.26. The minimum atomic E-state index is -1.13. The second-order valence-corrected chi connectivity index (χ2v) is 7.94. The Bertz CT molecular complexity index is 987. The monoisotopic (exact) mass is 375 g/mol. The van der Waals surface area contributed by atoms with Gasteiger partial charge in [0.25, 0.3) is 5.56 Å². The molecule has 2 aromatic heterocycles. The summed E-state index contributed by atoms with van der Waals surface area (Å²) in [5.41, 5.74) is 0.757. The number of anilines is 1. The van der Waals surface area contributed by atoms with E-state index in [4.69, 9.17) is 0 Å². The number of thiazole rings is 1. The zero-order valence-corrected chi connectivity index (χ0v) is 16.1. The van der Waals surface area contributed by atoms with Gasteiger partial charge in [-0.15, -0.1) is 11.3 Å². The molecule has 0 saturated carbocycles. The van der Waals surface area contributed by atoms with Crippen molar-refractivity contribution in [3.05, 3.63) is 62.8 Å². The molecule has 0 aliphatic carbocycles. The van der Waals surface area contributed by atoms with E-state index in [1.807, 2.05) is 18.7 Å². The van der Waals surface area contributed by atoms with E-state index in [0.717, 1.165) is 10.6 Å². The van der Waals surface area contributed by atoms with Crippen molar-refractivity contribution in [2.24, 2.45) is 0 Å². The molecule has 0 aliphatic rings. The van der Waals surface area contributed by atoms with E-state index in [2.05, 4.69) is 4.98 Å². The Hall–Kier alpha value is -2.25. The van der Waals surface area contributed by atoms with Crippen molar-refractivity contribution in [1.29, 1.82) is 0 Å². The highest BCUT2D eigenvalue weighted by atomic mass is 32.1. The normalized spacial score (nSPS) is 11.9. The third-order valence-electron chi connectivity index (χ3n) is 4.25. The maximum Gasteiger partial charge on any atom is 0.259 e. The molecule has 1 aromatic carbocycles. The first kappa shape index (κ1) is 18.5. The molecule has 7 heteroatoms. The summed E-state index contributed by atoms with van der Waals surface area (Å²) >= 11 is 1.39. The van der Waals surface area contributed by atoms with Crippen molar-refractivity contribution in [3.8, 4) is 0 Å². The molecule has 2 heterocycles. The third kappa shape index (κ3) is 3.50. The summed E-state index contributed by atoms with van der Waals surface area (Å²) in [6, 6.07) is 7.77. The molecule has 5 nitrogen and oxygen atoms in total. The Morgan fingerprint density at radius 3 is 2.54 bits per heavy atom. The minimum Gasteiger partial charge on any atom is -0.384 e. The Morgan fingerprint density at radius 1 is 1.31 bits per heavy atom. The Kier molecular flexibility index (Phi) is 4.86. The average Bonchev–Trinajstić information content (AvgIpc) is 2.90. The van der Waals surface area contributed by atoms with E-state index in [9.17, 15) is 14.3 Å². The first-order valence-corrected chi connectivity index (χ1v) is 9.27. The molecule has 3 rings (SSSR count). The van der Waals surface area contributed by atoms with Crippen LogP contribution in [0, 0.1) is 12.7 Å². The van der Waals surface area contributed by atoms with E-state index in [1.165, 1.54) is 33.9 Å². The van der Waals surface area contributed by atoms with Crippen LogP contribution in [-0.2, 0) is 12.1 Å². The average molecular weight is 375 g/mol. The number of aromatic nitrogens is 2. The molecule has 1 N–H and O–H groups in total. The number of halogens is 1. The van der Waals surface area contributed by atoms with Gasteiger partial charge in [-0.1, -0.05) is 0 Å². The third-order valence-corrected chi connectivity index (χ3v) is 5.20. The van der Waals surface area contributed by atoms with Crippen LogP contribution < -0.4 is 10.5 Å². The van der Waals surface area contributed by atoms with Crippen molar-refractivity contribution in [1.82, 2.24) is 9.38 Å². The first-order chi connectivity index (χ1) is 12.2. The molecule has 0 fully saturated rings. The van der Waals surface area contributed by atoms with Crippen LogP contribution in [0.1, 0.15) is 37.0 Å². The molecule has 0 atom stereocenters. The lowest BCUT2D eigenvalue weighted by molar-refractivity contribution is 0.0722. The summed E-state index contributed by atoms with van der Waals surface area (Å²) < 4.78 is 14.6. The second kappa shape index (κ2) is 6.81. The highest BCUT2D eigenvalue weighted by molar-refractivity contribution is 7.17. The van der Waals surface area contributed by atoms with Gasteiger partial charge in [-0.05, 0) is 52.0 Å². The lowest BCUT2D eigenvalue weighted by atomic mass is 10.0. The van der Waals surface area contributed by atoms with Gasteiger partial charge in [0.05, 0.1) is 17.9 Å². The van der Waals surface area contributed by atoms with Gasteiger partial charge in [-0.2, -0.15) is 0 Å². The van der Waals surface area contributed by atoms with Crippen LogP contribution in [0.15, 0.2) is 35.1 Å². The lowest BCUT2D eigenvalue weighted by Crippen LogP contribution is -2.27. The van der Waals surface area contributed by atoms with Crippen molar-refractivity contribution in [3.63, 3.8) is 0 Å². The van der Waals surface area contributed by atoms with Crippen LogP contribution in [-0.4, -0.2) is 21.0 Å². The SMILES string of the molecule is CCN(Cc1cc(=O)n2c(C(C)(C)O)c(C)sc2n1)c1ccc(F)cc1. The van der Waals surface area contributed by atoms with Crippen molar-refractivity contribution in [2.75, 3.05) is 11.4 Å². The largest absolute Gasteiger partial charge is 0.384 e. The zero-order valence-electron chi connectivity index (χ0n) is 15.3. The molecule has 138 valence electrons. The molecular formula is C19H22FN3O2S. The van der Waals surface area contributed by atoms with Crippen LogP contribution in [0.25, 0.3) is 4.96 Å². The Balaban J connectivity index is 2.01. The van der Waals surface area contributed by atoms with Gasteiger partial charge in [0.2, 0.25) is 0 Å². The number of nitrogens with zero attached hydrogens (tertiary/aromatic N) is 3. The van der Waals surface area contributed by atoms with Gasteiger partial charge in [-0.25, -0.2) is 9.37 Å². The number of hydrogen-bond acceptors (Lipinski definition) is 5. The fraction of sp³-hybridized carbons (Fsp3) is 0.368. The first-order valence-electron chi connectivity index (χ1n) is 8.46. The molecule has 26 heavy (non-hydrogen) atoms. The zero-order chi connectivity index (χ0) is 19.1. The maximum atomic E-state index is 13.2. The molecule has 0 aliphatic heterocycles. The summed E-state index contributed by atoms with van der Waals surface area (Å²) in [5.74, 6) is -0.282. The predicted molar refractivity (Wildman–Crippen MR) is 102 cm³/mol. The lowest BCUT2D eigenvalue weighted by Gasteiger charge is -2.23. The van der Waals surface area contributed by atoms with Gasteiger partial charge in [0.1, 0.15) is 11.4 Å². The van der Waals surface area contributed by atoms with Crippen molar-refractivity contribution in [2.45, 2.75) is 39.8 Å².